The Balaban J connectivity index is 1.76. The summed E-state index contributed by atoms with van der Waals surface area (Å²) in [5.41, 5.74) is 2.74. The number of nitrogens with zero attached hydrogens (tertiary/aromatic N) is 2. The zero-order valence-corrected chi connectivity index (χ0v) is 19.8. The number of carbonyl (C=O) groups excluding carboxylic acids is 3. The first-order valence-corrected chi connectivity index (χ1v) is 11.4. The molecule has 0 aromatic heterocycles. The fourth-order valence-corrected chi connectivity index (χ4v) is 4.10. The molecule has 3 amide bonds. The van der Waals surface area contributed by atoms with E-state index in [1.807, 2.05) is 45.0 Å². The molecule has 0 aliphatic carbocycles. The van der Waals surface area contributed by atoms with E-state index in [0.29, 0.717) is 37.4 Å². The Morgan fingerprint density at radius 1 is 1.12 bits per heavy atom. The summed E-state index contributed by atoms with van der Waals surface area (Å²) in [7, 11) is 1.56. The van der Waals surface area contributed by atoms with Crippen molar-refractivity contribution in [3.8, 4) is 5.75 Å². The highest BCUT2D eigenvalue weighted by Gasteiger charge is 2.37. The molecule has 2 aromatic rings. The minimum atomic E-state index is -0.615. The van der Waals surface area contributed by atoms with Crippen molar-refractivity contribution >= 4 is 23.4 Å². The zero-order chi connectivity index (χ0) is 24.0. The van der Waals surface area contributed by atoms with Gasteiger partial charge in [-0.2, -0.15) is 0 Å². The molecule has 3 rings (SSSR count). The number of amides is 3. The molecule has 7 heteroatoms. The number of methoxy groups -OCH3 is 1. The molecule has 0 spiro atoms. The van der Waals surface area contributed by atoms with Crippen LogP contribution in [0.5, 0.6) is 5.75 Å². The van der Waals surface area contributed by atoms with Crippen LogP contribution in [-0.4, -0.2) is 53.8 Å². The van der Waals surface area contributed by atoms with Gasteiger partial charge in [-0.05, 0) is 36.1 Å². The maximum atomic E-state index is 13.6. The van der Waals surface area contributed by atoms with Crippen molar-refractivity contribution in [2.75, 3.05) is 25.5 Å². The first-order valence-electron chi connectivity index (χ1n) is 11.4. The van der Waals surface area contributed by atoms with Crippen LogP contribution in [0, 0.1) is 5.92 Å². The minimum Gasteiger partial charge on any atom is -0.497 e. The Hall–Kier alpha value is -3.35. The normalized spacial score (nSPS) is 15.1. The smallest absolute Gasteiger partial charge is 0.246 e. The van der Waals surface area contributed by atoms with Crippen molar-refractivity contribution in [3.63, 3.8) is 0 Å². The van der Waals surface area contributed by atoms with Crippen LogP contribution < -0.4 is 10.1 Å². The largest absolute Gasteiger partial charge is 0.497 e. The molecule has 1 unspecified atom stereocenters. The maximum Gasteiger partial charge on any atom is 0.246 e. The molecule has 1 heterocycles. The van der Waals surface area contributed by atoms with Gasteiger partial charge >= 0.3 is 0 Å². The second-order valence-electron chi connectivity index (χ2n) is 8.74. The summed E-state index contributed by atoms with van der Waals surface area (Å²) in [6.45, 7) is 6.52. The van der Waals surface area contributed by atoms with Gasteiger partial charge in [0.05, 0.1) is 13.7 Å². The molecule has 1 N–H and O–H groups in total. The summed E-state index contributed by atoms with van der Waals surface area (Å²) in [5.74, 6) is 0.298. The minimum absolute atomic E-state index is 0.0326. The lowest BCUT2D eigenvalue weighted by Crippen LogP contribution is -2.54. The van der Waals surface area contributed by atoms with Crippen molar-refractivity contribution in [1.82, 2.24) is 9.80 Å². The number of likely N-dealkylation sites (N-methyl/N-ethyl adjacent to an activating group) is 1. The Bertz CT molecular complexity index is 1000. The van der Waals surface area contributed by atoms with E-state index in [-0.39, 0.29) is 30.2 Å². The molecule has 0 radical (unpaired) electrons. The molecule has 7 nitrogen and oxygen atoms in total. The molecule has 0 bridgehead atoms. The van der Waals surface area contributed by atoms with Gasteiger partial charge in [0.1, 0.15) is 11.8 Å². The third-order valence-electron chi connectivity index (χ3n) is 5.82. The van der Waals surface area contributed by atoms with Crippen molar-refractivity contribution in [3.05, 3.63) is 59.7 Å². The van der Waals surface area contributed by atoms with Crippen molar-refractivity contribution in [1.29, 1.82) is 0 Å². The summed E-state index contributed by atoms with van der Waals surface area (Å²) < 4.78 is 5.19. The van der Waals surface area contributed by atoms with Gasteiger partial charge in [-0.25, -0.2) is 0 Å². The van der Waals surface area contributed by atoms with Gasteiger partial charge in [0.2, 0.25) is 17.7 Å². The number of carbonyl (C=O) groups is 3. The molecule has 2 aromatic carbocycles. The number of anilines is 1. The SMILES string of the molecule is CCN(CC(=O)Nc1cccc(OC)c1)C(=O)C1Cc2ccccc2CN1C(=O)CC(C)C. The van der Waals surface area contributed by atoms with Gasteiger partial charge in [-0.15, -0.1) is 0 Å². The van der Waals surface area contributed by atoms with E-state index in [2.05, 4.69) is 5.32 Å². The van der Waals surface area contributed by atoms with E-state index >= 15 is 0 Å². The number of fused-ring (bicyclic) bond motifs is 1. The molecule has 0 saturated carbocycles. The van der Waals surface area contributed by atoms with E-state index < -0.39 is 6.04 Å². The van der Waals surface area contributed by atoms with Crippen LogP contribution >= 0.6 is 0 Å². The van der Waals surface area contributed by atoms with Crippen LogP contribution in [0.2, 0.25) is 0 Å². The Kier molecular flexibility index (Phi) is 8.09. The van der Waals surface area contributed by atoms with E-state index in [1.54, 1.807) is 36.3 Å². The average Bonchev–Trinajstić information content (AvgIpc) is 2.80. The third-order valence-corrected chi connectivity index (χ3v) is 5.82. The quantitative estimate of drug-likeness (QED) is 0.667. The summed E-state index contributed by atoms with van der Waals surface area (Å²) >= 11 is 0. The standard InChI is InChI=1S/C26H33N3O4/c1-5-28(17-24(30)27-21-11-8-12-22(15-21)33-4)26(32)23-14-19-9-6-7-10-20(19)16-29(23)25(31)13-18(2)3/h6-12,15,18,23H,5,13-14,16-17H2,1-4H3,(H,27,30). The third kappa shape index (κ3) is 6.12. The van der Waals surface area contributed by atoms with Crippen LogP contribution in [0.3, 0.4) is 0 Å². The zero-order valence-electron chi connectivity index (χ0n) is 19.8. The lowest BCUT2D eigenvalue weighted by Gasteiger charge is -2.38. The summed E-state index contributed by atoms with van der Waals surface area (Å²) in [4.78, 5) is 42.5. The topological polar surface area (TPSA) is 79.0 Å². The first kappa shape index (κ1) is 24.3. The highest BCUT2D eigenvalue weighted by molar-refractivity contribution is 5.96. The van der Waals surface area contributed by atoms with Crippen molar-refractivity contribution < 1.29 is 19.1 Å². The Labute approximate surface area is 195 Å². The average molecular weight is 452 g/mol. The monoisotopic (exact) mass is 451 g/mol. The highest BCUT2D eigenvalue weighted by Crippen LogP contribution is 2.26. The van der Waals surface area contributed by atoms with Crippen LogP contribution in [0.4, 0.5) is 5.69 Å². The summed E-state index contributed by atoms with van der Waals surface area (Å²) in [6.07, 6.45) is 0.835. The van der Waals surface area contributed by atoms with Gasteiger partial charge < -0.3 is 19.9 Å². The molecule has 0 saturated heterocycles. The lowest BCUT2D eigenvalue weighted by molar-refractivity contribution is -0.148. The second-order valence-corrected chi connectivity index (χ2v) is 8.74. The molecule has 1 aliphatic rings. The fourth-order valence-electron chi connectivity index (χ4n) is 4.10. The predicted octanol–water partition coefficient (Wildman–Crippen LogP) is 3.48. The Morgan fingerprint density at radius 2 is 1.85 bits per heavy atom. The van der Waals surface area contributed by atoms with Crippen molar-refractivity contribution in [2.45, 2.75) is 46.2 Å². The number of ether oxygens (including phenoxy) is 1. The van der Waals surface area contributed by atoms with E-state index in [0.717, 1.165) is 11.1 Å². The van der Waals surface area contributed by atoms with Gasteiger partial charge in [-0.3, -0.25) is 14.4 Å². The Morgan fingerprint density at radius 3 is 2.52 bits per heavy atom. The molecule has 176 valence electrons. The van der Waals surface area contributed by atoms with Crippen LogP contribution in [-0.2, 0) is 27.3 Å². The number of nitrogens with one attached hydrogen (secondary N) is 1. The summed E-state index contributed by atoms with van der Waals surface area (Å²) in [5, 5.41) is 2.82. The number of hydrogen-bond donors (Lipinski definition) is 1. The van der Waals surface area contributed by atoms with E-state index in [4.69, 9.17) is 4.74 Å². The number of rotatable bonds is 8. The maximum absolute atomic E-state index is 13.6. The molecular formula is C26H33N3O4. The fraction of sp³-hybridized carbons (Fsp3) is 0.423. The molecular weight excluding hydrogens is 418 g/mol. The predicted molar refractivity (Wildman–Crippen MR) is 128 cm³/mol. The molecule has 1 atom stereocenters. The molecule has 0 fully saturated rings. The van der Waals surface area contributed by atoms with Gasteiger partial charge in [0.25, 0.3) is 0 Å². The van der Waals surface area contributed by atoms with Gasteiger partial charge in [-0.1, -0.05) is 44.2 Å². The van der Waals surface area contributed by atoms with Gasteiger partial charge in [0.15, 0.2) is 0 Å². The lowest BCUT2D eigenvalue weighted by atomic mass is 9.92. The van der Waals surface area contributed by atoms with E-state index in [1.165, 1.54) is 4.90 Å². The van der Waals surface area contributed by atoms with Crippen LogP contribution in [0.1, 0.15) is 38.3 Å². The molecule has 33 heavy (non-hydrogen) atoms. The highest BCUT2D eigenvalue weighted by atomic mass is 16.5. The first-order chi connectivity index (χ1) is 15.8. The summed E-state index contributed by atoms with van der Waals surface area (Å²) in [6, 6.07) is 14.4. The van der Waals surface area contributed by atoms with Crippen LogP contribution in [0.25, 0.3) is 0 Å². The molecule has 1 aliphatic heterocycles. The van der Waals surface area contributed by atoms with Crippen molar-refractivity contribution in [2.24, 2.45) is 5.92 Å². The van der Waals surface area contributed by atoms with E-state index in [9.17, 15) is 14.4 Å². The van der Waals surface area contributed by atoms with Gasteiger partial charge in [0, 0.05) is 37.7 Å². The number of hydrogen-bond acceptors (Lipinski definition) is 4. The number of benzene rings is 2. The van der Waals surface area contributed by atoms with Crippen LogP contribution in [0.15, 0.2) is 48.5 Å². The second kappa shape index (κ2) is 11.0.